The topological polar surface area (TPSA) is 33.4 Å². The highest BCUT2D eigenvalue weighted by Gasteiger charge is 2.44. The number of hydrogen-bond acceptors (Lipinski definition) is 2. The van der Waals surface area contributed by atoms with Gasteiger partial charge in [-0.15, -0.1) is 0 Å². The Morgan fingerprint density at radius 2 is 0.949 bits per heavy atom. The molecule has 39 heavy (non-hydrogen) atoms. The molecule has 182 valence electrons. The van der Waals surface area contributed by atoms with Gasteiger partial charge in [0.2, 0.25) is 0 Å². The highest BCUT2D eigenvalue weighted by molar-refractivity contribution is 6.33. The van der Waals surface area contributed by atoms with Crippen molar-refractivity contribution in [3.8, 4) is 22.3 Å². The van der Waals surface area contributed by atoms with Crippen LogP contribution in [0.15, 0.2) is 132 Å². The molecule has 0 saturated carbocycles. The Labute approximate surface area is 224 Å². The molecule has 1 aliphatic carbocycles. The average molecular weight is 499 g/mol. The second-order valence-electron chi connectivity index (χ2n) is 10.6. The molecule has 1 aliphatic rings. The van der Waals surface area contributed by atoms with E-state index in [0.717, 1.165) is 50.1 Å². The minimum absolute atomic E-state index is 0.891. The van der Waals surface area contributed by atoms with E-state index in [9.17, 15) is 5.11 Å². The van der Waals surface area contributed by atoms with E-state index in [1.165, 1.54) is 32.3 Å². The summed E-state index contributed by atoms with van der Waals surface area (Å²) in [4.78, 5) is 0. The van der Waals surface area contributed by atoms with E-state index in [0.29, 0.717) is 0 Å². The van der Waals surface area contributed by atoms with Crippen molar-refractivity contribution in [3.63, 3.8) is 0 Å². The van der Waals surface area contributed by atoms with Crippen molar-refractivity contribution < 1.29 is 9.52 Å². The predicted molar refractivity (Wildman–Crippen MR) is 159 cm³/mol. The van der Waals surface area contributed by atoms with E-state index >= 15 is 0 Å². The molecule has 1 N–H and O–H groups in total. The van der Waals surface area contributed by atoms with Crippen LogP contribution in [0.3, 0.4) is 0 Å². The summed E-state index contributed by atoms with van der Waals surface area (Å²) >= 11 is 0. The molecule has 1 aromatic heterocycles. The molecule has 0 bridgehead atoms. The van der Waals surface area contributed by atoms with Gasteiger partial charge in [0.25, 0.3) is 0 Å². The first-order valence-corrected chi connectivity index (χ1v) is 13.3. The van der Waals surface area contributed by atoms with Gasteiger partial charge in [0.05, 0.1) is 0 Å². The number of benzene rings is 7. The molecule has 0 aliphatic heterocycles. The van der Waals surface area contributed by atoms with E-state index in [4.69, 9.17) is 4.42 Å². The molecule has 0 amide bonds. The highest BCUT2D eigenvalue weighted by Crippen LogP contribution is 2.53. The van der Waals surface area contributed by atoms with Gasteiger partial charge in [-0.3, -0.25) is 0 Å². The maximum Gasteiger partial charge on any atom is 0.142 e. The predicted octanol–water partition coefficient (Wildman–Crippen LogP) is 9.26. The van der Waals surface area contributed by atoms with Crippen LogP contribution in [0.4, 0.5) is 0 Å². The van der Waals surface area contributed by atoms with Gasteiger partial charge in [-0.25, -0.2) is 0 Å². The number of hydrogen-bond donors (Lipinski definition) is 1. The summed E-state index contributed by atoms with van der Waals surface area (Å²) in [5.74, 6) is 0. The Bertz CT molecular complexity index is 2210. The van der Waals surface area contributed by atoms with Crippen molar-refractivity contribution in [2.45, 2.75) is 5.60 Å². The van der Waals surface area contributed by atoms with Crippen LogP contribution in [0.2, 0.25) is 0 Å². The Morgan fingerprint density at radius 1 is 0.436 bits per heavy atom. The molecule has 1 heterocycles. The summed E-state index contributed by atoms with van der Waals surface area (Å²) in [5, 5.41) is 19.8. The van der Waals surface area contributed by atoms with Gasteiger partial charge in [0.15, 0.2) is 0 Å². The Kier molecular flexibility index (Phi) is 3.97. The molecule has 0 atom stereocenters. The summed E-state index contributed by atoms with van der Waals surface area (Å²) in [6.45, 7) is 0. The zero-order valence-corrected chi connectivity index (χ0v) is 21.0. The van der Waals surface area contributed by atoms with E-state index in [1.807, 2.05) is 30.3 Å². The van der Waals surface area contributed by atoms with Crippen LogP contribution >= 0.6 is 0 Å². The van der Waals surface area contributed by atoms with Crippen molar-refractivity contribution >= 4 is 43.5 Å². The van der Waals surface area contributed by atoms with E-state index in [-0.39, 0.29) is 0 Å². The van der Waals surface area contributed by atoms with Crippen LogP contribution in [-0.2, 0) is 5.60 Å². The number of aliphatic hydroxyl groups is 1. The van der Waals surface area contributed by atoms with Gasteiger partial charge in [-0.1, -0.05) is 109 Å². The molecule has 0 unspecified atom stereocenters. The van der Waals surface area contributed by atoms with Crippen LogP contribution in [0.1, 0.15) is 16.7 Å². The molecule has 0 spiro atoms. The molecule has 9 rings (SSSR count). The third kappa shape index (κ3) is 2.59. The maximum absolute atomic E-state index is 12.7. The summed E-state index contributed by atoms with van der Waals surface area (Å²) in [6.07, 6.45) is 0. The van der Waals surface area contributed by atoms with Gasteiger partial charge in [0.1, 0.15) is 16.8 Å². The van der Waals surface area contributed by atoms with Crippen LogP contribution in [0.5, 0.6) is 0 Å². The lowest BCUT2D eigenvalue weighted by Crippen LogP contribution is -2.27. The van der Waals surface area contributed by atoms with Crippen molar-refractivity contribution in [2.75, 3.05) is 0 Å². The fourth-order valence-corrected chi connectivity index (χ4v) is 7.04. The Balaban J connectivity index is 1.35. The second-order valence-corrected chi connectivity index (χ2v) is 10.6. The SMILES string of the molecule is OC1(c2ccccc2-c2ccc3c(c2)c2cccc4oc5cccc3c5c42)c2ccccc2-c2ccccc21. The first-order valence-electron chi connectivity index (χ1n) is 13.3. The van der Waals surface area contributed by atoms with Crippen molar-refractivity contribution in [3.05, 3.63) is 144 Å². The number of furan rings is 1. The quantitative estimate of drug-likeness (QED) is 0.241. The molecular formula is C37H22O2. The lowest BCUT2D eigenvalue weighted by molar-refractivity contribution is 0.131. The van der Waals surface area contributed by atoms with Crippen LogP contribution in [-0.4, -0.2) is 5.11 Å². The van der Waals surface area contributed by atoms with Crippen molar-refractivity contribution in [2.24, 2.45) is 0 Å². The minimum atomic E-state index is -1.25. The van der Waals surface area contributed by atoms with E-state index in [2.05, 4.69) is 97.1 Å². The lowest BCUT2D eigenvalue weighted by Gasteiger charge is -2.29. The monoisotopic (exact) mass is 498 g/mol. The van der Waals surface area contributed by atoms with Crippen LogP contribution in [0.25, 0.3) is 65.7 Å². The first-order chi connectivity index (χ1) is 19.2. The average Bonchev–Trinajstić information content (AvgIpc) is 3.51. The molecular weight excluding hydrogens is 476 g/mol. The molecule has 0 radical (unpaired) electrons. The molecule has 2 heteroatoms. The summed E-state index contributed by atoms with van der Waals surface area (Å²) in [7, 11) is 0. The van der Waals surface area contributed by atoms with Gasteiger partial charge < -0.3 is 9.52 Å². The molecule has 0 fully saturated rings. The molecule has 2 nitrogen and oxygen atoms in total. The smallest absolute Gasteiger partial charge is 0.142 e. The largest absolute Gasteiger partial charge is 0.456 e. The number of rotatable bonds is 2. The second kappa shape index (κ2) is 7.35. The standard InChI is InChI=1S/C37H22O2/c38-37(31-15-5-2-10-25(31)26-11-3-6-16-32(26)37)30-14-4-1-9-23(30)22-19-20-24-27-12-7-17-33-35(27)36-28(29(24)21-22)13-8-18-34(36)39-33/h1-21,38H. The minimum Gasteiger partial charge on any atom is -0.456 e. The van der Waals surface area contributed by atoms with Crippen LogP contribution in [0, 0.1) is 0 Å². The zero-order valence-electron chi connectivity index (χ0n) is 21.0. The first kappa shape index (κ1) is 21.1. The summed E-state index contributed by atoms with van der Waals surface area (Å²) in [5.41, 5.74) is 7.62. The Morgan fingerprint density at radius 3 is 1.56 bits per heavy atom. The molecule has 0 saturated heterocycles. The summed E-state index contributed by atoms with van der Waals surface area (Å²) < 4.78 is 6.23. The lowest BCUT2D eigenvalue weighted by atomic mass is 9.80. The molecule has 7 aromatic carbocycles. The van der Waals surface area contributed by atoms with Gasteiger partial charge in [0, 0.05) is 27.5 Å². The summed E-state index contributed by atoms with van der Waals surface area (Å²) in [6, 6.07) is 44.1. The highest BCUT2D eigenvalue weighted by atomic mass is 16.3. The third-order valence-corrected chi connectivity index (χ3v) is 8.67. The van der Waals surface area contributed by atoms with Gasteiger partial charge in [-0.05, 0) is 62.0 Å². The van der Waals surface area contributed by atoms with E-state index < -0.39 is 5.60 Å². The fourth-order valence-electron chi connectivity index (χ4n) is 7.04. The zero-order chi connectivity index (χ0) is 25.7. The molecule has 8 aromatic rings. The van der Waals surface area contributed by atoms with Gasteiger partial charge in [-0.2, -0.15) is 0 Å². The van der Waals surface area contributed by atoms with Crippen molar-refractivity contribution in [1.29, 1.82) is 0 Å². The van der Waals surface area contributed by atoms with Gasteiger partial charge >= 0.3 is 0 Å². The van der Waals surface area contributed by atoms with Crippen molar-refractivity contribution in [1.82, 2.24) is 0 Å². The number of fused-ring (bicyclic) bond motifs is 6. The third-order valence-electron chi connectivity index (χ3n) is 8.67. The van der Waals surface area contributed by atoms with Crippen LogP contribution < -0.4 is 0 Å². The fraction of sp³-hybridized carbons (Fsp3) is 0.0270. The maximum atomic E-state index is 12.7. The van der Waals surface area contributed by atoms with E-state index in [1.54, 1.807) is 0 Å². The Hall–Kier alpha value is -4.92. The normalized spacial score (nSPS) is 14.0.